The van der Waals surface area contributed by atoms with Crippen molar-refractivity contribution in [3.05, 3.63) is 0 Å². The Hall–Kier alpha value is 0.120. The molecule has 5 nitrogen and oxygen atoms in total. The molecule has 0 amide bonds. The summed E-state index contributed by atoms with van der Waals surface area (Å²) in [6.07, 6.45) is 1.75. The summed E-state index contributed by atoms with van der Waals surface area (Å²) in [6, 6.07) is -0.0248. The van der Waals surface area contributed by atoms with E-state index in [-0.39, 0.29) is 25.1 Å². The monoisotopic (exact) mass is 272 g/mol. The Kier molecular flexibility index (Phi) is 6.81. The Bertz CT molecular complexity index is 297. The number of nitrogens with zero attached hydrogens (tertiary/aromatic N) is 1. The summed E-state index contributed by atoms with van der Waals surface area (Å²) in [5.41, 5.74) is 5.76. The van der Waals surface area contributed by atoms with Crippen LogP contribution in [0.4, 0.5) is 0 Å². The summed E-state index contributed by atoms with van der Waals surface area (Å²) in [4.78, 5) is 0. The molecule has 0 aromatic rings. The number of piperidine rings is 1. The first-order chi connectivity index (χ1) is 6.98. The van der Waals surface area contributed by atoms with Gasteiger partial charge in [-0.1, -0.05) is 0 Å². The number of methoxy groups -OCH3 is 1. The summed E-state index contributed by atoms with van der Waals surface area (Å²) in [7, 11) is -1.72. The first-order valence-corrected chi connectivity index (χ1v) is 6.72. The lowest BCUT2D eigenvalue weighted by Crippen LogP contribution is -2.49. The summed E-state index contributed by atoms with van der Waals surface area (Å²) in [6.45, 7) is 2.92. The maximum atomic E-state index is 12.0. The van der Waals surface area contributed by atoms with E-state index in [1.165, 1.54) is 11.4 Å². The van der Waals surface area contributed by atoms with Gasteiger partial charge in [0.05, 0.1) is 11.9 Å². The number of hydrogen-bond acceptors (Lipinski definition) is 4. The van der Waals surface area contributed by atoms with Crippen LogP contribution in [0.1, 0.15) is 19.8 Å². The van der Waals surface area contributed by atoms with Gasteiger partial charge in [0, 0.05) is 26.2 Å². The van der Waals surface area contributed by atoms with Crippen LogP contribution in [-0.2, 0) is 14.8 Å². The molecule has 1 aliphatic rings. The molecule has 1 fully saturated rings. The maximum Gasteiger partial charge on any atom is 0.219 e. The largest absolute Gasteiger partial charge is 0.383 e. The van der Waals surface area contributed by atoms with Crippen LogP contribution in [0, 0.1) is 0 Å². The Balaban J connectivity index is 0.00000225. The van der Waals surface area contributed by atoms with E-state index in [0.717, 1.165) is 12.8 Å². The molecule has 16 heavy (non-hydrogen) atoms. The lowest BCUT2D eigenvalue weighted by Gasteiger charge is -2.31. The van der Waals surface area contributed by atoms with Gasteiger partial charge in [0.1, 0.15) is 0 Å². The van der Waals surface area contributed by atoms with Crippen LogP contribution in [0.15, 0.2) is 0 Å². The third-order valence-electron chi connectivity index (χ3n) is 2.69. The highest BCUT2D eigenvalue weighted by molar-refractivity contribution is 7.89. The zero-order valence-electron chi connectivity index (χ0n) is 9.76. The van der Waals surface area contributed by atoms with Crippen LogP contribution in [0.2, 0.25) is 0 Å². The number of nitrogens with two attached hydrogens (primary N) is 1. The van der Waals surface area contributed by atoms with Crippen LogP contribution in [0.3, 0.4) is 0 Å². The first-order valence-electron chi connectivity index (χ1n) is 5.22. The van der Waals surface area contributed by atoms with Crippen LogP contribution < -0.4 is 5.73 Å². The minimum Gasteiger partial charge on any atom is -0.383 e. The molecular formula is C9H21ClN2O3S. The number of ether oxygens (including phenoxy) is 1. The van der Waals surface area contributed by atoms with Gasteiger partial charge in [0.2, 0.25) is 10.0 Å². The summed E-state index contributed by atoms with van der Waals surface area (Å²) < 4.78 is 30.4. The molecule has 2 N–H and O–H groups in total. The number of rotatable bonds is 4. The van der Waals surface area contributed by atoms with Crippen molar-refractivity contribution in [2.24, 2.45) is 5.73 Å². The molecule has 1 rings (SSSR count). The van der Waals surface area contributed by atoms with Gasteiger partial charge in [0.15, 0.2) is 0 Å². The molecule has 0 aromatic heterocycles. The molecule has 1 saturated heterocycles. The highest BCUT2D eigenvalue weighted by Crippen LogP contribution is 2.16. The molecule has 0 spiro atoms. The van der Waals surface area contributed by atoms with Gasteiger partial charge in [-0.05, 0) is 19.8 Å². The lowest BCUT2D eigenvalue weighted by atomic mass is 10.1. The fourth-order valence-corrected chi connectivity index (χ4v) is 3.38. The molecule has 2 atom stereocenters. The van der Waals surface area contributed by atoms with Gasteiger partial charge < -0.3 is 10.5 Å². The maximum absolute atomic E-state index is 12.0. The Morgan fingerprint density at radius 1 is 1.56 bits per heavy atom. The minimum absolute atomic E-state index is 0. The van der Waals surface area contributed by atoms with Crippen molar-refractivity contribution in [3.63, 3.8) is 0 Å². The van der Waals surface area contributed by atoms with Crippen LogP contribution >= 0.6 is 12.4 Å². The fourth-order valence-electron chi connectivity index (χ4n) is 1.78. The molecule has 0 aromatic carbocycles. The smallest absolute Gasteiger partial charge is 0.219 e. The molecule has 0 aliphatic carbocycles. The van der Waals surface area contributed by atoms with Gasteiger partial charge in [-0.25, -0.2) is 12.7 Å². The third-order valence-corrected chi connectivity index (χ3v) is 4.89. The summed E-state index contributed by atoms with van der Waals surface area (Å²) in [5, 5.41) is -0.493. The van der Waals surface area contributed by atoms with Gasteiger partial charge in [0.25, 0.3) is 0 Å². The Morgan fingerprint density at radius 2 is 2.19 bits per heavy atom. The highest BCUT2D eigenvalue weighted by atomic mass is 35.5. The molecular weight excluding hydrogens is 252 g/mol. The van der Waals surface area contributed by atoms with E-state index in [0.29, 0.717) is 13.1 Å². The van der Waals surface area contributed by atoms with Crippen molar-refractivity contribution >= 4 is 22.4 Å². The molecule has 1 aliphatic heterocycles. The number of sulfonamides is 1. The summed E-state index contributed by atoms with van der Waals surface area (Å²) in [5.74, 6) is 0. The number of halogens is 1. The van der Waals surface area contributed by atoms with Crippen molar-refractivity contribution in [1.29, 1.82) is 0 Å². The molecule has 2 unspecified atom stereocenters. The second kappa shape index (κ2) is 6.76. The average Bonchev–Trinajstić information content (AvgIpc) is 2.18. The van der Waals surface area contributed by atoms with Gasteiger partial charge in [-0.3, -0.25) is 0 Å². The molecule has 1 heterocycles. The van der Waals surface area contributed by atoms with E-state index in [4.69, 9.17) is 10.5 Å². The third kappa shape index (κ3) is 3.85. The topological polar surface area (TPSA) is 72.6 Å². The first kappa shape index (κ1) is 16.1. The van der Waals surface area contributed by atoms with Crippen molar-refractivity contribution in [3.8, 4) is 0 Å². The van der Waals surface area contributed by atoms with Crippen molar-refractivity contribution in [2.75, 3.05) is 26.8 Å². The van der Waals surface area contributed by atoms with Crippen LogP contribution in [0.5, 0.6) is 0 Å². The van der Waals surface area contributed by atoms with Crippen molar-refractivity contribution in [2.45, 2.75) is 31.1 Å². The average molecular weight is 273 g/mol. The predicted molar refractivity (Wildman–Crippen MR) is 66.3 cm³/mol. The Morgan fingerprint density at radius 3 is 2.69 bits per heavy atom. The summed E-state index contributed by atoms with van der Waals surface area (Å²) >= 11 is 0. The molecule has 98 valence electrons. The zero-order valence-corrected chi connectivity index (χ0v) is 11.4. The van der Waals surface area contributed by atoms with E-state index < -0.39 is 15.3 Å². The quantitative estimate of drug-likeness (QED) is 0.793. The molecule has 0 saturated carbocycles. The van der Waals surface area contributed by atoms with Crippen LogP contribution in [-0.4, -0.2) is 50.8 Å². The lowest BCUT2D eigenvalue weighted by molar-refractivity contribution is 0.196. The van der Waals surface area contributed by atoms with Crippen molar-refractivity contribution in [1.82, 2.24) is 4.31 Å². The van der Waals surface area contributed by atoms with Crippen LogP contribution in [0.25, 0.3) is 0 Å². The van der Waals surface area contributed by atoms with Crippen molar-refractivity contribution < 1.29 is 13.2 Å². The van der Waals surface area contributed by atoms with Gasteiger partial charge in [-0.2, -0.15) is 0 Å². The standard InChI is InChI=1S/C9H20N2O3S.ClH/c1-8(7-14-2)15(12,13)11-5-3-4-9(10)6-11;/h8-9H,3-7,10H2,1-2H3;1H. The van der Waals surface area contributed by atoms with E-state index in [2.05, 4.69) is 0 Å². The minimum atomic E-state index is -3.23. The molecule has 0 bridgehead atoms. The van der Waals surface area contributed by atoms with E-state index in [1.54, 1.807) is 6.92 Å². The second-order valence-electron chi connectivity index (χ2n) is 4.07. The highest BCUT2D eigenvalue weighted by Gasteiger charge is 2.31. The number of hydrogen-bond donors (Lipinski definition) is 1. The second-order valence-corrected chi connectivity index (χ2v) is 6.42. The molecule has 7 heteroatoms. The Labute approximate surface area is 104 Å². The van der Waals surface area contributed by atoms with Gasteiger partial charge in [-0.15, -0.1) is 12.4 Å². The normalized spacial score (nSPS) is 24.8. The SMILES string of the molecule is COCC(C)S(=O)(=O)N1CCCC(N)C1.Cl. The predicted octanol–water partition coefficient (Wildman–Crippen LogP) is 0.196. The van der Waals surface area contributed by atoms with E-state index in [9.17, 15) is 8.42 Å². The van der Waals surface area contributed by atoms with E-state index >= 15 is 0 Å². The zero-order chi connectivity index (χ0) is 11.5. The molecule has 0 radical (unpaired) electrons. The van der Waals surface area contributed by atoms with E-state index in [1.807, 2.05) is 0 Å². The fraction of sp³-hybridized carbons (Fsp3) is 1.00. The van der Waals surface area contributed by atoms with Gasteiger partial charge >= 0.3 is 0 Å².